The van der Waals surface area contributed by atoms with Crippen LogP contribution >= 0.6 is 31.9 Å². The van der Waals surface area contributed by atoms with Crippen molar-refractivity contribution in [2.24, 2.45) is 0 Å². The number of nitrogens with one attached hydrogen (secondary N) is 1. The highest BCUT2D eigenvalue weighted by Crippen LogP contribution is 2.30. The summed E-state index contributed by atoms with van der Waals surface area (Å²) in [5, 5.41) is 3.17. The van der Waals surface area contributed by atoms with E-state index in [2.05, 4.69) is 37.2 Å². The molecule has 0 atom stereocenters. The third kappa shape index (κ3) is 3.99. The third-order valence-corrected chi connectivity index (χ3v) is 3.84. The van der Waals surface area contributed by atoms with Crippen molar-refractivity contribution in [1.29, 1.82) is 0 Å². The van der Waals surface area contributed by atoms with Crippen LogP contribution in [-0.4, -0.2) is 0 Å². The predicted molar refractivity (Wildman–Crippen MR) is 80.6 cm³/mol. The molecule has 2 aromatic carbocycles. The normalized spacial score (nSPS) is 11.4. The molecular weight excluding hydrogens is 399 g/mol. The molecule has 0 aromatic heterocycles. The van der Waals surface area contributed by atoms with Gasteiger partial charge in [0.25, 0.3) is 0 Å². The molecule has 0 aliphatic heterocycles. The van der Waals surface area contributed by atoms with E-state index in [4.69, 9.17) is 0 Å². The zero-order valence-corrected chi connectivity index (χ0v) is 13.3. The van der Waals surface area contributed by atoms with Crippen molar-refractivity contribution in [2.45, 2.75) is 12.7 Å². The fourth-order valence-electron chi connectivity index (χ4n) is 1.64. The Kier molecular flexibility index (Phi) is 4.75. The summed E-state index contributed by atoms with van der Waals surface area (Å²) in [5.74, 6) is 0. The Morgan fingerprint density at radius 1 is 0.950 bits per heavy atom. The summed E-state index contributed by atoms with van der Waals surface area (Å²) in [7, 11) is 0. The van der Waals surface area contributed by atoms with E-state index in [1.165, 1.54) is 12.1 Å². The molecule has 0 aliphatic carbocycles. The lowest BCUT2D eigenvalue weighted by Crippen LogP contribution is -2.05. The molecule has 0 heterocycles. The fraction of sp³-hybridized carbons (Fsp3) is 0.143. The van der Waals surface area contributed by atoms with E-state index in [0.29, 0.717) is 6.54 Å². The van der Waals surface area contributed by atoms with Crippen LogP contribution in [0.3, 0.4) is 0 Å². The first-order chi connectivity index (χ1) is 9.36. The number of benzene rings is 2. The summed E-state index contributed by atoms with van der Waals surface area (Å²) >= 11 is 6.77. The van der Waals surface area contributed by atoms with Crippen molar-refractivity contribution < 1.29 is 13.2 Å². The third-order valence-electron chi connectivity index (χ3n) is 2.70. The van der Waals surface area contributed by atoms with Gasteiger partial charge in [0.1, 0.15) is 0 Å². The molecule has 0 bridgehead atoms. The number of hydrogen-bond acceptors (Lipinski definition) is 1. The number of rotatable bonds is 3. The second kappa shape index (κ2) is 6.18. The van der Waals surface area contributed by atoms with Gasteiger partial charge in [-0.25, -0.2) is 0 Å². The van der Waals surface area contributed by atoms with Crippen LogP contribution in [0.4, 0.5) is 18.9 Å². The van der Waals surface area contributed by atoms with Gasteiger partial charge < -0.3 is 5.32 Å². The molecule has 0 unspecified atom stereocenters. The number of halogens is 5. The maximum absolute atomic E-state index is 12.4. The fourth-order valence-corrected chi connectivity index (χ4v) is 2.83. The molecule has 0 saturated carbocycles. The van der Waals surface area contributed by atoms with E-state index in [9.17, 15) is 13.2 Å². The van der Waals surface area contributed by atoms with E-state index < -0.39 is 11.7 Å². The molecule has 106 valence electrons. The first-order valence-electron chi connectivity index (χ1n) is 5.71. The SMILES string of the molecule is FC(F)(F)c1ccc(CNc2ccc(Br)cc2Br)cc1. The molecule has 20 heavy (non-hydrogen) atoms. The first-order valence-corrected chi connectivity index (χ1v) is 7.30. The molecule has 1 N–H and O–H groups in total. The van der Waals surface area contributed by atoms with Crippen molar-refractivity contribution in [2.75, 3.05) is 5.32 Å². The van der Waals surface area contributed by atoms with E-state index in [1.807, 2.05) is 18.2 Å². The van der Waals surface area contributed by atoms with Gasteiger partial charge in [-0.05, 0) is 51.8 Å². The van der Waals surface area contributed by atoms with Gasteiger partial charge in [-0.15, -0.1) is 0 Å². The molecule has 0 spiro atoms. The standard InChI is InChI=1S/C14H10Br2F3N/c15-11-5-6-13(12(16)7-11)20-8-9-1-3-10(4-2-9)14(17,18)19/h1-7,20H,8H2. The van der Waals surface area contributed by atoms with Gasteiger partial charge in [0.15, 0.2) is 0 Å². The van der Waals surface area contributed by atoms with E-state index >= 15 is 0 Å². The monoisotopic (exact) mass is 407 g/mol. The van der Waals surface area contributed by atoms with E-state index in [0.717, 1.165) is 32.3 Å². The lowest BCUT2D eigenvalue weighted by molar-refractivity contribution is -0.137. The molecule has 1 nitrogen and oxygen atoms in total. The maximum Gasteiger partial charge on any atom is 0.416 e. The number of anilines is 1. The van der Waals surface area contributed by atoms with Crippen LogP contribution in [0.25, 0.3) is 0 Å². The minimum atomic E-state index is -4.29. The Balaban J connectivity index is 2.04. The number of alkyl halides is 3. The van der Waals surface area contributed by atoms with Crippen LogP contribution in [0.5, 0.6) is 0 Å². The molecule has 0 radical (unpaired) electrons. The Labute approximate surface area is 131 Å². The smallest absolute Gasteiger partial charge is 0.380 e. The first kappa shape index (κ1) is 15.4. The van der Waals surface area contributed by atoms with E-state index in [-0.39, 0.29) is 0 Å². The zero-order valence-electron chi connectivity index (χ0n) is 10.1. The number of hydrogen-bond donors (Lipinski definition) is 1. The van der Waals surface area contributed by atoms with Crippen molar-refractivity contribution in [1.82, 2.24) is 0 Å². The Bertz CT molecular complexity index is 594. The maximum atomic E-state index is 12.4. The summed E-state index contributed by atoms with van der Waals surface area (Å²) in [4.78, 5) is 0. The largest absolute Gasteiger partial charge is 0.416 e. The minimum Gasteiger partial charge on any atom is -0.380 e. The van der Waals surface area contributed by atoms with Crippen molar-refractivity contribution >= 4 is 37.5 Å². The molecule has 0 aliphatic rings. The predicted octanol–water partition coefficient (Wildman–Crippen LogP) is 5.84. The Morgan fingerprint density at radius 2 is 1.60 bits per heavy atom. The van der Waals surface area contributed by atoms with Gasteiger partial charge in [-0.2, -0.15) is 13.2 Å². The van der Waals surface area contributed by atoms with Crippen LogP contribution < -0.4 is 5.32 Å². The van der Waals surface area contributed by atoms with Gasteiger partial charge in [0, 0.05) is 21.2 Å². The van der Waals surface area contributed by atoms with Crippen LogP contribution in [0.15, 0.2) is 51.4 Å². The molecule has 2 aromatic rings. The van der Waals surface area contributed by atoms with Crippen molar-refractivity contribution in [3.8, 4) is 0 Å². The topological polar surface area (TPSA) is 12.0 Å². The van der Waals surface area contributed by atoms with Crippen LogP contribution in [0.1, 0.15) is 11.1 Å². The molecule has 0 fully saturated rings. The lowest BCUT2D eigenvalue weighted by Gasteiger charge is -2.10. The van der Waals surface area contributed by atoms with Crippen LogP contribution in [0.2, 0.25) is 0 Å². The molecule has 0 amide bonds. The summed E-state index contributed by atoms with van der Waals surface area (Å²) in [6.07, 6.45) is -4.29. The molecule has 2 rings (SSSR count). The van der Waals surface area contributed by atoms with Gasteiger partial charge in [-0.1, -0.05) is 28.1 Å². The summed E-state index contributed by atoms with van der Waals surface area (Å²) in [6, 6.07) is 10.8. The highest BCUT2D eigenvalue weighted by Gasteiger charge is 2.29. The van der Waals surface area contributed by atoms with Gasteiger partial charge >= 0.3 is 6.18 Å². The highest BCUT2D eigenvalue weighted by atomic mass is 79.9. The average Bonchev–Trinajstić information content (AvgIpc) is 2.37. The molecule has 6 heteroatoms. The van der Waals surface area contributed by atoms with Gasteiger partial charge in [-0.3, -0.25) is 0 Å². The van der Waals surface area contributed by atoms with E-state index in [1.54, 1.807) is 0 Å². The van der Waals surface area contributed by atoms with Crippen LogP contribution in [-0.2, 0) is 12.7 Å². The Hall–Kier alpha value is -1.01. The summed E-state index contributed by atoms with van der Waals surface area (Å²) in [6.45, 7) is 0.457. The van der Waals surface area contributed by atoms with Gasteiger partial charge in [0.05, 0.1) is 5.56 Å². The Morgan fingerprint density at radius 3 is 2.15 bits per heavy atom. The van der Waals surface area contributed by atoms with Gasteiger partial charge in [0.2, 0.25) is 0 Å². The zero-order chi connectivity index (χ0) is 14.8. The van der Waals surface area contributed by atoms with Crippen molar-refractivity contribution in [3.05, 3.63) is 62.5 Å². The van der Waals surface area contributed by atoms with Crippen LogP contribution in [0, 0.1) is 0 Å². The second-order valence-corrected chi connectivity index (χ2v) is 5.94. The summed E-state index contributed by atoms with van der Waals surface area (Å²) in [5.41, 5.74) is 1.03. The lowest BCUT2D eigenvalue weighted by atomic mass is 10.1. The molecular formula is C14H10Br2F3N. The highest BCUT2D eigenvalue weighted by molar-refractivity contribution is 9.11. The quantitative estimate of drug-likeness (QED) is 0.672. The molecule has 0 saturated heterocycles. The average molecular weight is 409 g/mol. The minimum absolute atomic E-state index is 0.457. The summed E-state index contributed by atoms with van der Waals surface area (Å²) < 4.78 is 39.1. The second-order valence-electron chi connectivity index (χ2n) is 4.17. The van der Waals surface area contributed by atoms with Crippen molar-refractivity contribution in [3.63, 3.8) is 0 Å².